The van der Waals surface area contributed by atoms with Crippen LogP contribution in [0, 0.1) is 0 Å². The molecule has 0 saturated heterocycles. The molecule has 0 aromatic rings. The van der Waals surface area contributed by atoms with Gasteiger partial charge in [0.15, 0.2) is 6.29 Å². The van der Waals surface area contributed by atoms with Crippen molar-refractivity contribution in [2.45, 2.75) is 105 Å². The van der Waals surface area contributed by atoms with E-state index in [-0.39, 0.29) is 0 Å². The molecule has 0 radical (unpaired) electrons. The molecule has 0 bridgehead atoms. The van der Waals surface area contributed by atoms with Crippen molar-refractivity contribution in [1.82, 2.24) is 0 Å². The van der Waals surface area contributed by atoms with Crippen molar-refractivity contribution in [2.75, 3.05) is 0 Å². The van der Waals surface area contributed by atoms with E-state index in [1.807, 2.05) is 27.7 Å². The molecule has 0 aromatic heterocycles. The third-order valence-corrected chi connectivity index (χ3v) is 3.17. The first-order valence-corrected chi connectivity index (χ1v) is 9.18. The van der Waals surface area contributed by atoms with Crippen molar-refractivity contribution >= 4 is 0 Å². The fourth-order valence-electron chi connectivity index (χ4n) is 1.94. The van der Waals surface area contributed by atoms with E-state index in [0.717, 1.165) is 12.8 Å². The summed E-state index contributed by atoms with van der Waals surface area (Å²) in [6.45, 7) is 10.2. The SMILES string of the molecule is CC(C)=COC=C(C)C.CCCCCCCCCCCC(O)O. The van der Waals surface area contributed by atoms with Crippen LogP contribution >= 0.6 is 0 Å². The van der Waals surface area contributed by atoms with Gasteiger partial charge in [-0.3, -0.25) is 0 Å². The van der Waals surface area contributed by atoms with Crippen LogP contribution in [0.4, 0.5) is 0 Å². The third-order valence-electron chi connectivity index (χ3n) is 3.17. The fourth-order valence-corrected chi connectivity index (χ4v) is 1.94. The Morgan fingerprint density at radius 2 is 1.13 bits per heavy atom. The molecule has 0 saturated carbocycles. The van der Waals surface area contributed by atoms with E-state index in [1.165, 1.54) is 56.1 Å². The van der Waals surface area contributed by atoms with Crippen LogP contribution in [0.25, 0.3) is 0 Å². The number of rotatable bonds is 12. The molecule has 0 aliphatic heterocycles. The van der Waals surface area contributed by atoms with Crippen LogP contribution in [0.5, 0.6) is 0 Å². The molecule has 0 aliphatic carbocycles. The smallest absolute Gasteiger partial charge is 0.151 e. The van der Waals surface area contributed by atoms with Gasteiger partial charge >= 0.3 is 0 Å². The molecule has 138 valence electrons. The van der Waals surface area contributed by atoms with Gasteiger partial charge in [0.1, 0.15) is 0 Å². The Hall–Kier alpha value is -0.800. The predicted molar refractivity (Wildman–Crippen MR) is 100 cm³/mol. The Labute approximate surface area is 144 Å². The average molecular weight is 329 g/mol. The molecule has 0 unspecified atom stereocenters. The number of unbranched alkanes of at least 4 members (excludes halogenated alkanes) is 8. The normalized spacial score (nSPS) is 9.91. The number of aliphatic hydroxyl groups excluding tert-OH is 1. The number of allylic oxidation sites excluding steroid dienone is 2. The van der Waals surface area contributed by atoms with E-state index in [0.29, 0.717) is 6.42 Å². The Balaban J connectivity index is 0. The van der Waals surface area contributed by atoms with Crippen LogP contribution in [0.1, 0.15) is 98.8 Å². The van der Waals surface area contributed by atoms with Gasteiger partial charge in [-0.15, -0.1) is 0 Å². The maximum absolute atomic E-state index is 8.61. The molecule has 0 spiro atoms. The van der Waals surface area contributed by atoms with Crippen LogP contribution in [0.3, 0.4) is 0 Å². The summed E-state index contributed by atoms with van der Waals surface area (Å²) in [6, 6.07) is 0. The molecule has 3 nitrogen and oxygen atoms in total. The largest absolute Gasteiger partial charge is 0.473 e. The quantitative estimate of drug-likeness (QED) is 0.260. The summed E-state index contributed by atoms with van der Waals surface area (Å²) in [4.78, 5) is 0. The number of hydrogen-bond acceptors (Lipinski definition) is 3. The lowest BCUT2D eigenvalue weighted by molar-refractivity contribution is -0.0466. The van der Waals surface area contributed by atoms with Crippen molar-refractivity contribution in [3.05, 3.63) is 23.7 Å². The van der Waals surface area contributed by atoms with E-state index in [9.17, 15) is 0 Å². The standard InChI is InChI=1S/C12H26O2.C8H14O/c1-2-3-4-5-6-7-8-9-10-11-12(13)14;1-7(2)5-9-6-8(3)4/h12-14H,2-11H2,1H3;5-6H,1-4H3. The number of hydrogen-bond donors (Lipinski definition) is 2. The van der Waals surface area contributed by atoms with Crippen LogP contribution in [-0.4, -0.2) is 16.5 Å². The molecular weight excluding hydrogens is 288 g/mol. The van der Waals surface area contributed by atoms with Gasteiger partial charge in [-0.05, 0) is 51.7 Å². The monoisotopic (exact) mass is 328 g/mol. The zero-order valence-corrected chi connectivity index (χ0v) is 16.1. The minimum Gasteiger partial charge on any atom is -0.473 e. The Morgan fingerprint density at radius 3 is 1.48 bits per heavy atom. The molecule has 23 heavy (non-hydrogen) atoms. The van der Waals surface area contributed by atoms with Crippen molar-refractivity contribution in [3.8, 4) is 0 Å². The summed E-state index contributed by atoms with van der Waals surface area (Å²) >= 11 is 0. The highest BCUT2D eigenvalue weighted by molar-refractivity contribution is 4.92. The lowest BCUT2D eigenvalue weighted by Crippen LogP contribution is -2.02. The molecular formula is C20H40O3. The summed E-state index contributed by atoms with van der Waals surface area (Å²) in [5, 5.41) is 17.2. The number of ether oxygens (including phenoxy) is 1. The van der Waals surface area contributed by atoms with E-state index >= 15 is 0 Å². The van der Waals surface area contributed by atoms with Crippen LogP contribution in [-0.2, 0) is 4.74 Å². The zero-order valence-electron chi connectivity index (χ0n) is 16.1. The fraction of sp³-hybridized carbons (Fsp3) is 0.800. The molecule has 0 aliphatic rings. The third kappa shape index (κ3) is 29.8. The average Bonchev–Trinajstić information content (AvgIpc) is 2.45. The maximum atomic E-state index is 8.61. The minimum atomic E-state index is -1.10. The summed E-state index contributed by atoms with van der Waals surface area (Å²) in [7, 11) is 0. The van der Waals surface area contributed by atoms with Gasteiger partial charge in [0, 0.05) is 0 Å². The Kier molecular flexibility index (Phi) is 20.5. The lowest BCUT2D eigenvalue weighted by atomic mass is 10.1. The lowest BCUT2D eigenvalue weighted by Gasteiger charge is -2.03. The molecule has 0 atom stereocenters. The van der Waals surface area contributed by atoms with Gasteiger partial charge in [0.05, 0.1) is 12.5 Å². The van der Waals surface area contributed by atoms with Gasteiger partial charge in [-0.1, -0.05) is 58.3 Å². The summed E-state index contributed by atoms with van der Waals surface area (Å²) in [5.74, 6) is 0. The van der Waals surface area contributed by atoms with Crippen LogP contribution in [0.2, 0.25) is 0 Å². The van der Waals surface area contributed by atoms with E-state index < -0.39 is 6.29 Å². The molecule has 3 heteroatoms. The van der Waals surface area contributed by atoms with Gasteiger partial charge in [-0.25, -0.2) is 0 Å². The summed E-state index contributed by atoms with van der Waals surface area (Å²) in [5.41, 5.74) is 2.35. The summed E-state index contributed by atoms with van der Waals surface area (Å²) < 4.78 is 5.03. The van der Waals surface area contributed by atoms with Crippen molar-refractivity contribution in [2.24, 2.45) is 0 Å². The second kappa shape index (κ2) is 19.2. The molecule has 0 heterocycles. The molecule has 0 fully saturated rings. The Bertz CT molecular complexity index is 269. The van der Waals surface area contributed by atoms with Crippen molar-refractivity contribution in [3.63, 3.8) is 0 Å². The topological polar surface area (TPSA) is 49.7 Å². The van der Waals surface area contributed by atoms with E-state index in [1.54, 1.807) is 12.5 Å². The maximum Gasteiger partial charge on any atom is 0.151 e. The van der Waals surface area contributed by atoms with Gasteiger partial charge < -0.3 is 14.9 Å². The molecule has 0 rings (SSSR count). The summed E-state index contributed by atoms with van der Waals surface area (Å²) in [6.07, 6.45) is 14.3. The molecule has 0 amide bonds. The molecule has 2 N–H and O–H groups in total. The minimum absolute atomic E-state index is 0.538. The zero-order chi connectivity index (χ0) is 17.9. The molecule has 0 aromatic carbocycles. The Morgan fingerprint density at radius 1 is 0.739 bits per heavy atom. The van der Waals surface area contributed by atoms with Gasteiger partial charge in [-0.2, -0.15) is 0 Å². The second-order valence-corrected chi connectivity index (χ2v) is 6.62. The van der Waals surface area contributed by atoms with Gasteiger partial charge in [0.2, 0.25) is 0 Å². The highest BCUT2D eigenvalue weighted by Crippen LogP contribution is 2.10. The van der Waals surface area contributed by atoms with Crippen molar-refractivity contribution < 1.29 is 14.9 Å². The highest BCUT2D eigenvalue weighted by atomic mass is 16.5. The van der Waals surface area contributed by atoms with Gasteiger partial charge in [0.25, 0.3) is 0 Å². The van der Waals surface area contributed by atoms with Crippen LogP contribution < -0.4 is 0 Å². The first-order valence-electron chi connectivity index (χ1n) is 9.18. The predicted octanol–water partition coefficient (Wildman–Crippen LogP) is 6.07. The number of aliphatic hydroxyl groups is 2. The van der Waals surface area contributed by atoms with E-state index in [2.05, 4.69) is 6.92 Å². The highest BCUT2D eigenvalue weighted by Gasteiger charge is 1.96. The van der Waals surface area contributed by atoms with Crippen molar-refractivity contribution in [1.29, 1.82) is 0 Å². The first-order chi connectivity index (χ1) is 10.9. The van der Waals surface area contributed by atoms with E-state index in [4.69, 9.17) is 14.9 Å². The first kappa shape index (κ1) is 24.5. The van der Waals surface area contributed by atoms with Crippen LogP contribution in [0.15, 0.2) is 23.7 Å². The second-order valence-electron chi connectivity index (χ2n) is 6.62.